The molecule has 1 saturated carbocycles. The Bertz CT molecular complexity index is 815. The van der Waals surface area contributed by atoms with Crippen molar-refractivity contribution in [3.8, 4) is 0 Å². The second-order valence-electron chi connectivity index (χ2n) is 9.68. The van der Waals surface area contributed by atoms with Crippen molar-refractivity contribution >= 4 is 17.4 Å². The third-order valence-corrected chi connectivity index (χ3v) is 7.52. The average molecular weight is 437 g/mol. The van der Waals surface area contributed by atoms with E-state index in [1.54, 1.807) is 6.92 Å². The van der Waals surface area contributed by atoms with Gasteiger partial charge in [-0.2, -0.15) is 13.2 Å². The summed E-state index contributed by atoms with van der Waals surface area (Å²) in [4.78, 5) is 29.0. The molecule has 7 heteroatoms. The van der Waals surface area contributed by atoms with Crippen LogP contribution in [0.3, 0.4) is 0 Å². The van der Waals surface area contributed by atoms with Crippen LogP contribution in [0, 0.1) is 11.3 Å². The molecular formula is C24H31F3N2O2. The highest BCUT2D eigenvalue weighted by atomic mass is 19.4. The number of likely N-dealkylation sites (tertiary alicyclic amines) is 1. The Kier molecular flexibility index (Phi) is 6.05. The van der Waals surface area contributed by atoms with Crippen LogP contribution in [0.1, 0.15) is 63.9 Å². The first-order chi connectivity index (χ1) is 14.7. The lowest BCUT2D eigenvalue weighted by Gasteiger charge is -2.41. The summed E-state index contributed by atoms with van der Waals surface area (Å²) in [5, 5.41) is 0. The van der Waals surface area contributed by atoms with Gasteiger partial charge in [0.2, 0.25) is 5.91 Å². The van der Waals surface area contributed by atoms with E-state index in [0.717, 1.165) is 75.9 Å². The number of ketones is 1. The van der Waals surface area contributed by atoms with Crippen molar-refractivity contribution in [2.45, 2.75) is 70.5 Å². The lowest BCUT2D eigenvalue weighted by Crippen LogP contribution is -2.50. The Labute approximate surface area is 181 Å². The predicted octanol–water partition coefficient (Wildman–Crippen LogP) is 5.06. The fourth-order valence-corrected chi connectivity index (χ4v) is 5.86. The molecule has 3 fully saturated rings. The number of alkyl halides is 3. The topological polar surface area (TPSA) is 40.6 Å². The molecule has 2 heterocycles. The first-order valence-corrected chi connectivity index (χ1v) is 11.4. The number of halogens is 3. The molecule has 1 aromatic carbocycles. The molecule has 1 aromatic rings. The molecule has 0 N–H and O–H groups in total. The van der Waals surface area contributed by atoms with Gasteiger partial charge in [-0.25, -0.2) is 0 Å². The summed E-state index contributed by atoms with van der Waals surface area (Å²) in [6, 6.07) is 5.55. The number of amides is 1. The lowest BCUT2D eigenvalue weighted by atomic mass is 9.78. The van der Waals surface area contributed by atoms with Crippen LogP contribution in [0.4, 0.5) is 18.9 Å². The fraction of sp³-hybridized carbons (Fsp3) is 0.667. The maximum atomic E-state index is 13.5. The summed E-state index contributed by atoms with van der Waals surface area (Å²) < 4.78 is 38.6. The standard InChI is InChI=1S/C24H31F3N2O2/c1-17(30)15-18-3-7-21(8-4-18)29-14-12-23(22(29)31)11-2-13-28(16-23)20-9-5-19(6-10-20)24(25,26)27/h5-6,9-10,18,21H,2-4,7-8,11-16H2,1H3. The van der Waals surface area contributed by atoms with E-state index in [2.05, 4.69) is 9.80 Å². The zero-order chi connectivity index (χ0) is 22.2. The number of hydrogen-bond donors (Lipinski definition) is 0. The SMILES string of the molecule is CC(=O)CC1CCC(N2CCC3(CCCN(c4ccc(C(F)(F)F)cc4)C3)C2=O)CC1. The van der Waals surface area contributed by atoms with E-state index < -0.39 is 17.2 Å². The van der Waals surface area contributed by atoms with Crippen molar-refractivity contribution in [2.24, 2.45) is 11.3 Å². The van der Waals surface area contributed by atoms with Gasteiger partial charge in [0.1, 0.15) is 5.78 Å². The number of benzene rings is 1. The van der Waals surface area contributed by atoms with Crippen LogP contribution < -0.4 is 4.90 Å². The number of carbonyl (C=O) groups is 2. The maximum absolute atomic E-state index is 13.5. The molecule has 170 valence electrons. The number of anilines is 1. The molecular weight excluding hydrogens is 405 g/mol. The van der Waals surface area contributed by atoms with Gasteiger partial charge >= 0.3 is 6.18 Å². The molecule has 1 aliphatic carbocycles. The molecule has 3 aliphatic rings. The van der Waals surface area contributed by atoms with Crippen molar-refractivity contribution in [2.75, 3.05) is 24.5 Å². The molecule has 1 atom stereocenters. The summed E-state index contributed by atoms with van der Waals surface area (Å²) in [6.07, 6.45) is 2.75. The van der Waals surface area contributed by atoms with Gasteiger partial charge in [-0.1, -0.05) is 0 Å². The highest BCUT2D eigenvalue weighted by molar-refractivity contribution is 5.86. The van der Waals surface area contributed by atoms with Crippen molar-refractivity contribution in [1.29, 1.82) is 0 Å². The molecule has 0 radical (unpaired) electrons. The molecule has 1 spiro atoms. The smallest absolute Gasteiger partial charge is 0.370 e. The normalized spacial score (nSPS) is 29.6. The summed E-state index contributed by atoms with van der Waals surface area (Å²) in [6.45, 7) is 3.75. The maximum Gasteiger partial charge on any atom is 0.416 e. The second kappa shape index (κ2) is 8.47. The minimum Gasteiger partial charge on any atom is -0.370 e. The van der Waals surface area contributed by atoms with Gasteiger partial charge < -0.3 is 14.6 Å². The van der Waals surface area contributed by atoms with Gasteiger partial charge in [0.05, 0.1) is 11.0 Å². The molecule has 4 rings (SSSR count). The van der Waals surface area contributed by atoms with E-state index in [1.807, 2.05) is 0 Å². The number of nitrogens with zero attached hydrogens (tertiary/aromatic N) is 2. The minimum absolute atomic E-state index is 0.221. The third kappa shape index (κ3) is 4.60. The van der Waals surface area contributed by atoms with Crippen LogP contribution in [0.15, 0.2) is 24.3 Å². The molecule has 2 aliphatic heterocycles. The predicted molar refractivity (Wildman–Crippen MR) is 113 cm³/mol. The van der Waals surface area contributed by atoms with Crippen molar-refractivity contribution in [1.82, 2.24) is 4.90 Å². The number of rotatable bonds is 4. The highest BCUT2D eigenvalue weighted by Gasteiger charge is 2.50. The summed E-state index contributed by atoms with van der Waals surface area (Å²) in [5.41, 5.74) is -0.313. The number of piperidine rings is 1. The molecule has 1 unspecified atom stereocenters. The Morgan fingerprint density at radius 3 is 2.35 bits per heavy atom. The zero-order valence-corrected chi connectivity index (χ0v) is 18.1. The molecule has 2 saturated heterocycles. The second-order valence-corrected chi connectivity index (χ2v) is 9.68. The van der Waals surface area contributed by atoms with Gasteiger partial charge in [-0.3, -0.25) is 4.79 Å². The van der Waals surface area contributed by atoms with E-state index in [0.29, 0.717) is 18.9 Å². The van der Waals surface area contributed by atoms with Crippen molar-refractivity contribution < 1.29 is 22.8 Å². The van der Waals surface area contributed by atoms with Crippen molar-refractivity contribution in [3.05, 3.63) is 29.8 Å². The first kappa shape index (κ1) is 22.2. The van der Waals surface area contributed by atoms with Gasteiger partial charge in [0.15, 0.2) is 0 Å². The van der Waals surface area contributed by atoms with E-state index in [4.69, 9.17) is 0 Å². The molecule has 4 nitrogen and oxygen atoms in total. The highest BCUT2D eigenvalue weighted by Crippen LogP contribution is 2.44. The number of Topliss-reactive ketones (excluding diaryl/α,β-unsaturated/α-hetero) is 1. The molecule has 1 amide bonds. The van der Waals surface area contributed by atoms with E-state index >= 15 is 0 Å². The molecule has 0 bridgehead atoms. The summed E-state index contributed by atoms with van der Waals surface area (Å²) in [5.74, 6) is 0.912. The van der Waals surface area contributed by atoms with Crippen LogP contribution in [0.25, 0.3) is 0 Å². The Balaban J connectivity index is 1.41. The Hall–Kier alpha value is -2.05. The number of carbonyl (C=O) groups excluding carboxylic acids is 2. The monoisotopic (exact) mass is 436 g/mol. The van der Waals surface area contributed by atoms with Crippen molar-refractivity contribution in [3.63, 3.8) is 0 Å². The minimum atomic E-state index is -4.34. The van der Waals surface area contributed by atoms with Crippen LogP contribution in [-0.4, -0.2) is 42.3 Å². The summed E-state index contributed by atoms with van der Waals surface area (Å²) >= 11 is 0. The Morgan fingerprint density at radius 2 is 1.74 bits per heavy atom. The van der Waals surface area contributed by atoms with Crippen LogP contribution >= 0.6 is 0 Å². The quantitative estimate of drug-likeness (QED) is 0.662. The van der Waals surface area contributed by atoms with E-state index in [9.17, 15) is 22.8 Å². The van der Waals surface area contributed by atoms with E-state index in [1.165, 1.54) is 12.1 Å². The lowest BCUT2D eigenvalue weighted by molar-refractivity contribution is -0.139. The van der Waals surface area contributed by atoms with Gasteiger partial charge in [0.25, 0.3) is 0 Å². The van der Waals surface area contributed by atoms with Crippen LogP contribution in [0.5, 0.6) is 0 Å². The molecule has 31 heavy (non-hydrogen) atoms. The van der Waals surface area contributed by atoms with Gasteiger partial charge in [-0.05, 0) is 82.1 Å². The average Bonchev–Trinajstić information content (AvgIpc) is 3.03. The third-order valence-electron chi connectivity index (χ3n) is 7.52. The molecule has 0 aromatic heterocycles. The Morgan fingerprint density at radius 1 is 1.06 bits per heavy atom. The fourth-order valence-electron chi connectivity index (χ4n) is 5.86. The van der Waals surface area contributed by atoms with Crippen LogP contribution in [0.2, 0.25) is 0 Å². The zero-order valence-electron chi connectivity index (χ0n) is 18.1. The van der Waals surface area contributed by atoms with Gasteiger partial charge in [0, 0.05) is 37.8 Å². The van der Waals surface area contributed by atoms with E-state index in [-0.39, 0.29) is 17.7 Å². The van der Waals surface area contributed by atoms with Crippen LogP contribution in [-0.2, 0) is 15.8 Å². The van der Waals surface area contributed by atoms with Gasteiger partial charge in [-0.15, -0.1) is 0 Å². The number of hydrogen-bond acceptors (Lipinski definition) is 3. The first-order valence-electron chi connectivity index (χ1n) is 11.4. The largest absolute Gasteiger partial charge is 0.416 e. The summed E-state index contributed by atoms with van der Waals surface area (Å²) in [7, 11) is 0.